The van der Waals surface area contributed by atoms with Crippen molar-refractivity contribution in [2.45, 2.75) is 58.6 Å². The van der Waals surface area contributed by atoms with Crippen LogP contribution in [0.5, 0.6) is 11.5 Å². The van der Waals surface area contributed by atoms with Gasteiger partial charge < -0.3 is 14.8 Å². The summed E-state index contributed by atoms with van der Waals surface area (Å²) >= 11 is 0. The summed E-state index contributed by atoms with van der Waals surface area (Å²) in [4.78, 5) is 0. The first kappa shape index (κ1) is 16.2. The van der Waals surface area contributed by atoms with Gasteiger partial charge in [0.05, 0.1) is 0 Å². The molecule has 3 nitrogen and oxygen atoms in total. The lowest BCUT2D eigenvalue weighted by molar-refractivity contribution is 0.0585. The van der Waals surface area contributed by atoms with Gasteiger partial charge in [0, 0.05) is 6.04 Å². The van der Waals surface area contributed by atoms with Gasteiger partial charge in [-0.2, -0.15) is 0 Å². The van der Waals surface area contributed by atoms with Gasteiger partial charge in [-0.25, -0.2) is 0 Å². The number of ether oxygens (including phenoxy) is 2. The van der Waals surface area contributed by atoms with Crippen LogP contribution in [0.2, 0.25) is 0 Å². The number of hydrogen-bond acceptors (Lipinski definition) is 3. The Balaban J connectivity index is 1.93. The molecule has 0 fully saturated rings. The van der Waals surface area contributed by atoms with Crippen LogP contribution in [-0.2, 0) is 0 Å². The van der Waals surface area contributed by atoms with Crippen LogP contribution >= 0.6 is 0 Å². The Bertz CT molecular complexity index is 419. The van der Waals surface area contributed by atoms with Gasteiger partial charge in [0.1, 0.15) is 12.7 Å². The third-order valence-corrected chi connectivity index (χ3v) is 3.93. The third kappa shape index (κ3) is 4.92. The number of benzene rings is 1. The molecule has 2 rings (SSSR count). The van der Waals surface area contributed by atoms with Crippen LogP contribution in [0.4, 0.5) is 0 Å². The van der Waals surface area contributed by atoms with Crippen molar-refractivity contribution in [2.75, 3.05) is 13.2 Å². The van der Waals surface area contributed by atoms with Gasteiger partial charge in [0.25, 0.3) is 0 Å². The molecule has 1 aromatic carbocycles. The summed E-state index contributed by atoms with van der Waals surface area (Å²) in [5, 5.41) is 3.64. The van der Waals surface area contributed by atoms with Crippen molar-refractivity contribution in [1.82, 2.24) is 5.32 Å². The van der Waals surface area contributed by atoms with Gasteiger partial charge in [-0.05, 0) is 37.4 Å². The van der Waals surface area contributed by atoms with Crippen molar-refractivity contribution >= 4 is 0 Å². The van der Waals surface area contributed by atoms with Gasteiger partial charge in [0.2, 0.25) is 0 Å². The van der Waals surface area contributed by atoms with Crippen LogP contribution in [0.25, 0.3) is 0 Å². The lowest BCUT2D eigenvalue weighted by Crippen LogP contribution is -2.48. The van der Waals surface area contributed by atoms with Crippen molar-refractivity contribution < 1.29 is 9.47 Å². The molecule has 1 aliphatic heterocycles. The highest BCUT2D eigenvalue weighted by molar-refractivity contribution is 5.40. The predicted octanol–water partition coefficient (Wildman–Crippen LogP) is 4.02. The van der Waals surface area contributed by atoms with Crippen molar-refractivity contribution in [2.24, 2.45) is 5.92 Å². The van der Waals surface area contributed by atoms with Crippen molar-refractivity contribution in [1.29, 1.82) is 0 Å². The highest BCUT2D eigenvalue weighted by Crippen LogP contribution is 2.32. The minimum Gasteiger partial charge on any atom is -0.486 e. The van der Waals surface area contributed by atoms with E-state index in [0.29, 0.717) is 12.6 Å². The standard InChI is InChI=1S/C18H29NO2/c1-4-12-19-15(9-7-8-14(2)3)18-13-20-16-10-5-6-11-17(16)21-18/h5-6,10-11,14-15,18-19H,4,7-9,12-13H2,1-3H3. The molecule has 1 aromatic rings. The van der Waals surface area contributed by atoms with E-state index in [1.807, 2.05) is 24.3 Å². The average Bonchev–Trinajstić information content (AvgIpc) is 2.50. The first-order chi connectivity index (χ1) is 10.2. The minimum atomic E-state index is 0.110. The number of hydrogen-bond donors (Lipinski definition) is 1. The first-order valence-electron chi connectivity index (χ1n) is 8.32. The minimum absolute atomic E-state index is 0.110. The second-order valence-electron chi connectivity index (χ2n) is 6.30. The average molecular weight is 291 g/mol. The smallest absolute Gasteiger partial charge is 0.161 e. The quantitative estimate of drug-likeness (QED) is 0.784. The maximum Gasteiger partial charge on any atom is 0.161 e. The van der Waals surface area contributed by atoms with E-state index in [-0.39, 0.29) is 6.10 Å². The molecule has 1 heterocycles. The Morgan fingerprint density at radius 1 is 1.19 bits per heavy atom. The van der Waals surface area contributed by atoms with E-state index in [0.717, 1.165) is 36.8 Å². The summed E-state index contributed by atoms with van der Waals surface area (Å²) in [6, 6.07) is 8.32. The fourth-order valence-electron chi connectivity index (χ4n) is 2.73. The molecule has 0 amide bonds. The Morgan fingerprint density at radius 2 is 1.95 bits per heavy atom. The van der Waals surface area contributed by atoms with Gasteiger partial charge >= 0.3 is 0 Å². The van der Waals surface area contributed by atoms with E-state index >= 15 is 0 Å². The van der Waals surface area contributed by atoms with E-state index in [4.69, 9.17) is 9.47 Å². The van der Waals surface area contributed by atoms with E-state index in [1.165, 1.54) is 12.8 Å². The van der Waals surface area contributed by atoms with Crippen molar-refractivity contribution in [3.63, 3.8) is 0 Å². The first-order valence-corrected chi connectivity index (χ1v) is 8.32. The molecule has 1 aliphatic rings. The molecular formula is C18H29NO2. The summed E-state index contributed by atoms with van der Waals surface area (Å²) in [7, 11) is 0. The molecule has 0 aromatic heterocycles. The van der Waals surface area contributed by atoms with E-state index < -0.39 is 0 Å². The van der Waals surface area contributed by atoms with Gasteiger partial charge in [-0.3, -0.25) is 0 Å². The van der Waals surface area contributed by atoms with Gasteiger partial charge in [-0.1, -0.05) is 45.7 Å². The van der Waals surface area contributed by atoms with Crippen LogP contribution in [0.15, 0.2) is 24.3 Å². The third-order valence-electron chi connectivity index (χ3n) is 3.93. The van der Waals surface area contributed by atoms with Gasteiger partial charge in [-0.15, -0.1) is 0 Å². The molecule has 0 bridgehead atoms. The topological polar surface area (TPSA) is 30.5 Å². The largest absolute Gasteiger partial charge is 0.486 e. The molecule has 118 valence electrons. The molecule has 0 spiro atoms. The number of para-hydroxylation sites is 2. The molecule has 1 N–H and O–H groups in total. The zero-order valence-electron chi connectivity index (χ0n) is 13.6. The maximum absolute atomic E-state index is 6.16. The molecule has 21 heavy (non-hydrogen) atoms. The molecule has 0 saturated heterocycles. The molecule has 0 saturated carbocycles. The van der Waals surface area contributed by atoms with Gasteiger partial charge in [0.15, 0.2) is 11.5 Å². The summed E-state index contributed by atoms with van der Waals surface area (Å²) < 4.78 is 12.0. The van der Waals surface area contributed by atoms with E-state index in [1.54, 1.807) is 0 Å². The lowest BCUT2D eigenvalue weighted by atomic mass is 9.99. The van der Waals surface area contributed by atoms with E-state index in [2.05, 4.69) is 26.1 Å². The summed E-state index contributed by atoms with van der Waals surface area (Å²) in [5.41, 5.74) is 0. The van der Waals surface area contributed by atoms with Crippen LogP contribution in [0.3, 0.4) is 0 Å². The predicted molar refractivity (Wildman–Crippen MR) is 87.1 cm³/mol. The summed E-state index contributed by atoms with van der Waals surface area (Å²) in [6.07, 6.45) is 4.91. The molecular weight excluding hydrogens is 262 g/mol. The molecule has 0 aliphatic carbocycles. The number of nitrogens with one attached hydrogen (secondary N) is 1. The Labute approximate surface area is 129 Å². The fourth-order valence-corrected chi connectivity index (χ4v) is 2.73. The molecule has 3 heteroatoms. The lowest BCUT2D eigenvalue weighted by Gasteiger charge is -2.33. The van der Waals surface area contributed by atoms with Crippen molar-refractivity contribution in [3.8, 4) is 11.5 Å². The maximum atomic E-state index is 6.16. The molecule has 2 atom stereocenters. The molecule has 2 unspecified atom stereocenters. The summed E-state index contributed by atoms with van der Waals surface area (Å²) in [6.45, 7) is 8.44. The van der Waals surface area contributed by atoms with Crippen molar-refractivity contribution in [3.05, 3.63) is 24.3 Å². The SMILES string of the molecule is CCCNC(CCCC(C)C)C1COc2ccccc2O1. The van der Waals surface area contributed by atoms with Crippen LogP contribution < -0.4 is 14.8 Å². The highest BCUT2D eigenvalue weighted by Gasteiger charge is 2.28. The summed E-state index contributed by atoms with van der Waals surface area (Å²) in [5.74, 6) is 2.51. The zero-order valence-corrected chi connectivity index (χ0v) is 13.6. The highest BCUT2D eigenvalue weighted by atomic mass is 16.6. The number of rotatable bonds is 8. The Kier molecular flexibility index (Phi) is 6.37. The Morgan fingerprint density at radius 3 is 2.67 bits per heavy atom. The van der Waals surface area contributed by atoms with E-state index in [9.17, 15) is 0 Å². The van der Waals surface area contributed by atoms with Crippen LogP contribution in [-0.4, -0.2) is 25.3 Å². The Hall–Kier alpha value is -1.22. The van der Waals surface area contributed by atoms with Crippen LogP contribution in [0, 0.1) is 5.92 Å². The second kappa shape index (κ2) is 8.28. The fraction of sp³-hybridized carbons (Fsp3) is 0.667. The van der Waals surface area contributed by atoms with Crippen LogP contribution in [0.1, 0.15) is 46.5 Å². The zero-order chi connectivity index (χ0) is 15.1. The second-order valence-corrected chi connectivity index (χ2v) is 6.30. The monoisotopic (exact) mass is 291 g/mol. The normalized spacial score (nSPS) is 18.8. The number of fused-ring (bicyclic) bond motifs is 1. The molecule has 0 radical (unpaired) electrons.